The lowest BCUT2D eigenvalue weighted by molar-refractivity contribution is -0.0506. The number of hydrogen-bond donors (Lipinski definition) is 0. The molecule has 0 heterocycles. The second-order valence-electron chi connectivity index (χ2n) is 3.22. The first-order valence-corrected chi connectivity index (χ1v) is 4.73. The second kappa shape index (κ2) is 5.01. The molecule has 1 rings (SSSR count). The lowest BCUT2D eigenvalue weighted by atomic mass is 10.0. The van der Waals surface area contributed by atoms with E-state index in [0.29, 0.717) is 12.0 Å². The Morgan fingerprint density at radius 2 is 2.06 bits per heavy atom. The van der Waals surface area contributed by atoms with E-state index in [1.807, 2.05) is 0 Å². The Morgan fingerprint density at radius 3 is 2.50 bits per heavy atom. The van der Waals surface area contributed by atoms with Crippen molar-refractivity contribution in [3.05, 3.63) is 29.1 Å². The molecule has 0 aliphatic carbocycles. The molecule has 2 nitrogen and oxygen atoms in total. The average molecular weight is 232 g/mol. The molecule has 0 radical (unpaired) electrons. The number of carbonyl (C=O) groups is 1. The van der Waals surface area contributed by atoms with Gasteiger partial charge in [0, 0.05) is 17.2 Å². The van der Waals surface area contributed by atoms with Crippen LogP contribution in [0.3, 0.4) is 0 Å². The predicted molar refractivity (Wildman–Crippen MR) is 52.4 cm³/mol. The van der Waals surface area contributed by atoms with Crippen LogP contribution in [0.5, 0.6) is 5.75 Å². The summed E-state index contributed by atoms with van der Waals surface area (Å²) in [6.45, 7) is -0.107. The number of carbonyl (C=O) groups excluding carboxylic acids is 1. The summed E-state index contributed by atoms with van der Waals surface area (Å²) < 4.78 is 41.4. The van der Waals surface area contributed by atoms with E-state index in [-0.39, 0.29) is 17.1 Å². The van der Waals surface area contributed by atoms with Crippen LogP contribution in [-0.4, -0.2) is 12.4 Å². The Balaban J connectivity index is 3.30. The van der Waals surface area contributed by atoms with Crippen molar-refractivity contribution in [2.75, 3.05) is 0 Å². The van der Waals surface area contributed by atoms with E-state index >= 15 is 0 Å². The van der Waals surface area contributed by atoms with Crippen LogP contribution in [0.15, 0.2) is 12.1 Å². The van der Waals surface area contributed by atoms with Gasteiger partial charge in [0.15, 0.2) is 5.78 Å². The maximum Gasteiger partial charge on any atom is 0.387 e. The van der Waals surface area contributed by atoms with Crippen LogP contribution < -0.4 is 4.74 Å². The number of benzene rings is 1. The minimum atomic E-state index is -3.04. The fourth-order valence-electron chi connectivity index (χ4n) is 1.49. The Bertz CT molecular complexity index is 402. The highest BCUT2D eigenvalue weighted by Gasteiger charge is 2.16. The van der Waals surface area contributed by atoms with Crippen LogP contribution in [-0.2, 0) is 6.42 Å². The Morgan fingerprint density at radius 1 is 1.44 bits per heavy atom. The van der Waals surface area contributed by atoms with Crippen LogP contribution in [0, 0.1) is 5.82 Å². The third-order valence-corrected chi connectivity index (χ3v) is 2.12. The maximum atomic E-state index is 13.1. The molecule has 0 bridgehead atoms. The van der Waals surface area contributed by atoms with Crippen molar-refractivity contribution in [2.24, 2.45) is 0 Å². The molecule has 0 saturated heterocycles. The molecule has 0 aliphatic rings. The number of alkyl halides is 2. The molecule has 0 fully saturated rings. The monoisotopic (exact) mass is 232 g/mol. The summed E-state index contributed by atoms with van der Waals surface area (Å²) >= 11 is 0. The third kappa shape index (κ3) is 2.74. The second-order valence-corrected chi connectivity index (χ2v) is 3.22. The van der Waals surface area contributed by atoms with Crippen LogP contribution in [0.25, 0.3) is 0 Å². The van der Waals surface area contributed by atoms with E-state index in [0.717, 1.165) is 12.1 Å². The van der Waals surface area contributed by atoms with Crippen molar-refractivity contribution < 1.29 is 22.7 Å². The maximum absolute atomic E-state index is 13.1. The normalized spacial score (nSPS) is 10.6. The van der Waals surface area contributed by atoms with Gasteiger partial charge in [-0.1, -0.05) is 6.92 Å². The molecule has 0 aliphatic heterocycles. The van der Waals surface area contributed by atoms with Crippen LogP contribution in [0.2, 0.25) is 0 Å². The highest BCUT2D eigenvalue weighted by Crippen LogP contribution is 2.26. The lowest BCUT2D eigenvalue weighted by Gasteiger charge is -2.12. The van der Waals surface area contributed by atoms with Gasteiger partial charge in [-0.25, -0.2) is 4.39 Å². The zero-order valence-electron chi connectivity index (χ0n) is 8.89. The molecule has 0 aromatic heterocycles. The van der Waals surface area contributed by atoms with Gasteiger partial charge in [-0.3, -0.25) is 4.79 Å². The van der Waals surface area contributed by atoms with Gasteiger partial charge in [0.2, 0.25) is 0 Å². The predicted octanol–water partition coefficient (Wildman–Crippen LogP) is 3.19. The first-order chi connectivity index (χ1) is 7.45. The largest absolute Gasteiger partial charge is 0.434 e. The van der Waals surface area contributed by atoms with Gasteiger partial charge in [-0.2, -0.15) is 8.78 Å². The quantitative estimate of drug-likeness (QED) is 0.745. The van der Waals surface area contributed by atoms with Gasteiger partial charge in [-0.05, 0) is 19.4 Å². The molecule has 0 spiro atoms. The molecule has 0 N–H and O–H groups in total. The zero-order valence-corrected chi connectivity index (χ0v) is 8.89. The summed E-state index contributed by atoms with van der Waals surface area (Å²) in [7, 11) is 0. The standard InChI is InChI=1S/C11H11F3O2/c1-3-8-9(6(2)15)4-7(12)5-10(8)16-11(13)14/h4-5,11H,3H2,1-2H3. The fraction of sp³-hybridized carbons (Fsp3) is 0.364. The number of hydrogen-bond acceptors (Lipinski definition) is 2. The summed E-state index contributed by atoms with van der Waals surface area (Å²) in [5.74, 6) is -1.42. The average Bonchev–Trinajstić information content (AvgIpc) is 2.15. The van der Waals surface area contributed by atoms with E-state index in [1.165, 1.54) is 6.92 Å². The SMILES string of the molecule is CCc1c(OC(F)F)cc(F)cc1C(C)=O. The summed E-state index contributed by atoms with van der Waals surface area (Å²) in [6.07, 6.45) is 0.317. The topological polar surface area (TPSA) is 26.3 Å². The summed E-state index contributed by atoms with van der Waals surface area (Å²) in [5.41, 5.74) is 0.382. The van der Waals surface area contributed by atoms with Crippen molar-refractivity contribution in [3.63, 3.8) is 0 Å². The number of ketones is 1. The molecule has 1 aromatic carbocycles. The Labute approximate surface area is 91.0 Å². The first-order valence-electron chi connectivity index (χ1n) is 4.73. The summed E-state index contributed by atoms with van der Waals surface area (Å²) in [4.78, 5) is 11.2. The van der Waals surface area contributed by atoms with E-state index in [4.69, 9.17) is 0 Å². The number of Topliss-reactive ketones (excluding diaryl/α,β-unsaturated/α-hetero) is 1. The lowest BCUT2D eigenvalue weighted by Crippen LogP contribution is -2.08. The van der Waals surface area contributed by atoms with Crippen molar-refractivity contribution in [1.29, 1.82) is 0 Å². The number of ether oxygens (including phenoxy) is 1. The molecular weight excluding hydrogens is 221 g/mol. The van der Waals surface area contributed by atoms with Gasteiger partial charge >= 0.3 is 6.61 Å². The van der Waals surface area contributed by atoms with Crippen LogP contribution in [0.1, 0.15) is 29.8 Å². The molecule has 88 valence electrons. The highest BCUT2D eigenvalue weighted by atomic mass is 19.3. The van der Waals surface area contributed by atoms with E-state index in [9.17, 15) is 18.0 Å². The summed E-state index contributed by atoms with van der Waals surface area (Å²) in [5, 5.41) is 0. The van der Waals surface area contributed by atoms with Gasteiger partial charge in [-0.15, -0.1) is 0 Å². The van der Waals surface area contributed by atoms with E-state index in [1.54, 1.807) is 6.92 Å². The van der Waals surface area contributed by atoms with Gasteiger partial charge in [0.05, 0.1) is 0 Å². The minimum absolute atomic E-state index is 0.0816. The zero-order chi connectivity index (χ0) is 12.3. The van der Waals surface area contributed by atoms with Gasteiger partial charge in [0.1, 0.15) is 11.6 Å². The Hall–Kier alpha value is -1.52. The van der Waals surface area contributed by atoms with Crippen molar-refractivity contribution in [2.45, 2.75) is 26.9 Å². The van der Waals surface area contributed by atoms with Gasteiger partial charge in [0.25, 0.3) is 0 Å². The first kappa shape index (κ1) is 12.5. The smallest absolute Gasteiger partial charge is 0.387 e. The molecule has 5 heteroatoms. The summed E-state index contributed by atoms with van der Waals surface area (Å²) in [6, 6.07) is 1.89. The molecule has 0 saturated carbocycles. The van der Waals surface area contributed by atoms with Crippen molar-refractivity contribution >= 4 is 5.78 Å². The highest BCUT2D eigenvalue weighted by molar-refractivity contribution is 5.96. The molecule has 0 atom stereocenters. The molecule has 16 heavy (non-hydrogen) atoms. The molecular formula is C11H11F3O2. The fourth-order valence-corrected chi connectivity index (χ4v) is 1.49. The van der Waals surface area contributed by atoms with Crippen molar-refractivity contribution in [1.82, 2.24) is 0 Å². The Kier molecular flexibility index (Phi) is 3.93. The van der Waals surface area contributed by atoms with E-state index < -0.39 is 12.4 Å². The number of rotatable bonds is 4. The molecule has 0 amide bonds. The van der Waals surface area contributed by atoms with Gasteiger partial charge < -0.3 is 4.74 Å². The molecule has 0 unspecified atom stereocenters. The number of halogens is 3. The molecule has 1 aromatic rings. The van der Waals surface area contributed by atoms with Crippen LogP contribution >= 0.6 is 0 Å². The van der Waals surface area contributed by atoms with Crippen molar-refractivity contribution in [3.8, 4) is 5.75 Å². The van der Waals surface area contributed by atoms with Crippen LogP contribution in [0.4, 0.5) is 13.2 Å². The minimum Gasteiger partial charge on any atom is -0.434 e. The third-order valence-electron chi connectivity index (χ3n) is 2.12. The van der Waals surface area contributed by atoms with E-state index in [2.05, 4.69) is 4.74 Å².